The van der Waals surface area contributed by atoms with Crippen molar-refractivity contribution in [2.45, 2.75) is 57.8 Å². The Kier molecular flexibility index (Phi) is 4.87. The van der Waals surface area contributed by atoms with Gasteiger partial charge in [0.05, 0.1) is 5.71 Å². The molecule has 0 aromatic heterocycles. The smallest absolute Gasteiger partial charge is 0.0645 e. The van der Waals surface area contributed by atoms with Gasteiger partial charge in [-0.15, -0.1) is 0 Å². The third kappa shape index (κ3) is 3.11. The summed E-state index contributed by atoms with van der Waals surface area (Å²) in [6.07, 6.45) is 5.31. The van der Waals surface area contributed by atoms with Crippen molar-refractivity contribution in [1.29, 1.82) is 0 Å². The Morgan fingerprint density at radius 3 is 2.84 bits per heavy atom. The van der Waals surface area contributed by atoms with Crippen LogP contribution in [0.15, 0.2) is 23.4 Å². The highest BCUT2D eigenvalue weighted by atomic mass is 35.5. The van der Waals surface area contributed by atoms with Gasteiger partial charge in [0.25, 0.3) is 0 Å². The van der Waals surface area contributed by atoms with Gasteiger partial charge in [0.15, 0.2) is 0 Å². The minimum absolute atomic E-state index is 0.192. The Labute approximate surface area is 120 Å². The predicted molar refractivity (Wildman–Crippen MR) is 80.6 cm³/mol. The summed E-state index contributed by atoms with van der Waals surface area (Å²) in [5.41, 5.74) is 3.28. The molecule has 0 aliphatic heterocycles. The van der Waals surface area contributed by atoms with E-state index in [-0.39, 0.29) is 5.92 Å². The van der Waals surface area contributed by atoms with Crippen LogP contribution < -0.4 is 0 Å². The summed E-state index contributed by atoms with van der Waals surface area (Å²) < 4.78 is 0. The lowest BCUT2D eigenvalue weighted by Crippen LogP contribution is -2.18. The van der Waals surface area contributed by atoms with Crippen LogP contribution >= 0.6 is 11.6 Å². The summed E-state index contributed by atoms with van der Waals surface area (Å²) >= 11 is 6.45. The van der Waals surface area contributed by atoms with Gasteiger partial charge in [-0.1, -0.05) is 49.2 Å². The minimum Gasteiger partial charge on any atom is -0.411 e. The molecule has 2 atom stereocenters. The van der Waals surface area contributed by atoms with Gasteiger partial charge in [-0.3, -0.25) is 0 Å². The van der Waals surface area contributed by atoms with Gasteiger partial charge >= 0.3 is 0 Å². The zero-order valence-corrected chi connectivity index (χ0v) is 12.5. The van der Waals surface area contributed by atoms with Crippen LogP contribution in [0.5, 0.6) is 0 Å². The molecule has 0 saturated heterocycles. The van der Waals surface area contributed by atoms with E-state index in [9.17, 15) is 0 Å². The van der Waals surface area contributed by atoms with Crippen LogP contribution in [0.3, 0.4) is 0 Å². The number of benzene rings is 1. The zero-order valence-electron chi connectivity index (χ0n) is 11.7. The van der Waals surface area contributed by atoms with Crippen molar-refractivity contribution < 1.29 is 5.21 Å². The summed E-state index contributed by atoms with van der Waals surface area (Å²) in [6, 6.07) is 6.36. The van der Waals surface area contributed by atoms with Crippen molar-refractivity contribution >= 4 is 17.3 Å². The second-order valence-corrected chi connectivity index (χ2v) is 5.89. The maximum atomic E-state index is 9.14. The van der Waals surface area contributed by atoms with Gasteiger partial charge in [-0.05, 0) is 48.8 Å². The fraction of sp³-hybridized carbons (Fsp3) is 0.562. The van der Waals surface area contributed by atoms with Crippen molar-refractivity contribution in [2.75, 3.05) is 0 Å². The normalized spacial score (nSPS) is 23.5. The van der Waals surface area contributed by atoms with Gasteiger partial charge in [0.1, 0.15) is 0 Å². The Hall–Kier alpha value is -1.02. The number of nitrogens with zero attached hydrogens (tertiary/aromatic N) is 1. The van der Waals surface area contributed by atoms with Crippen molar-refractivity contribution in [2.24, 2.45) is 5.16 Å². The third-order valence-corrected chi connectivity index (χ3v) is 4.62. The highest BCUT2D eigenvalue weighted by Crippen LogP contribution is 2.36. The maximum absolute atomic E-state index is 9.14. The second-order valence-electron chi connectivity index (χ2n) is 5.48. The van der Waals surface area contributed by atoms with Gasteiger partial charge in [0.2, 0.25) is 0 Å². The van der Waals surface area contributed by atoms with E-state index in [2.05, 4.69) is 37.2 Å². The van der Waals surface area contributed by atoms with Crippen LogP contribution in [0, 0.1) is 0 Å². The summed E-state index contributed by atoms with van der Waals surface area (Å²) in [4.78, 5) is 0. The van der Waals surface area contributed by atoms with Crippen molar-refractivity contribution in [3.63, 3.8) is 0 Å². The quantitative estimate of drug-likeness (QED) is 0.588. The molecule has 1 aliphatic rings. The minimum atomic E-state index is 0.192. The molecule has 1 fully saturated rings. The Morgan fingerprint density at radius 2 is 2.21 bits per heavy atom. The van der Waals surface area contributed by atoms with Crippen LogP contribution in [-0.4, -0.2) is 10.9 Å². The lowest BCUT2D eigenvalue weighted by Gasteiger charge is -2.24. The number of hydrogen-bond acceptors (Lipinski definition) is 2. The van der Waals surface area contributed by atoms with Gasteiger partial charge in [0, 0.05) is 10.9 Å². The van der Waals surface area contributed by atoms with Crippen LogP contribution in [0.25, 0.3) is 0 Å². The molecule has 1 saturated carbocycles. The molecule has 0 heterocycles. The van der Waals surface area contributed by atoms with Gasteiger partial charge in [-0.25, -0.2) is 0 Å². The number of oxime groups is 1. The Balaban J connectivity index is 2.30. The molecule has 104 valence electrons. The fourth-order valence-electron chi connectivity index (χ4n) is 2.82. The standard InChI is InChI=1S/C16H22ClNO/c1-3-11(2)12-8-9-13(15(17)10-12)14-6-4-5-7-16(14)18-19/h8-11,14,19H,3-7H2,1-2H3. The highest BCUT2D eigenvalue weighted by molar-refractivity contribution is 6.31. The van der Waals surface area contributed by atoms with E-state index in [0.29, 0.717) is 5.92 Å². The molecule has 0 spiro atoms. The SMILES string of the molecule is CCC(C)c1ccc(C2CCCCC2=NO)c(Cl)c1. The first-order chi connectivity index (χ1) is 9.17. The lowest BCUT2D eigenvalue weighted by molar-refractivity contribution is 0.312. The Morgan fingerprint density at radius 1 is 1.42 bits per heavy atom. The first-order valence-corrected chi connectivity index (χ1v) is 7.55. The molecule has 0 bridgehead atoms. The monoisotopic (exact) mass is 279 g/mol. The Bertz CT molecular complexity index is 470. The van der Waals surface area contributed by atoms with Gasteiger partial charge < -0.3 is 5.21 Å². The number of hydrogen-bond donors (Lipinski definition) is 1. The van der Waals surface area contributed by atoms with E-state index >= 15 is 0 Å². The molecule has 1 aromatic carbocycles. The molecule has 3 heteroatoms. The van der Waals surface area contributed by atoms with E-state index in [1.54, 1.807) is 0 Å². The maximum Gasteiger partial charge on any atom is 0.0645 e. The summed E-state index contributed by atoms with van der Waals surface area (Å²) in [6.45, 7) is 4.40. The molecule has 2 rings (SSSR count). The summed E-state index contributed by atoms with van der Waals surface area (Å²) in [5, 5.41) is 13.4. The van der Waals surface area contributed by atoms with Crippen LogP contribution in [0.2, 0.25) is 5.02 Å². The van der Waals surface area contributed by atoms with Gasteiger partial charge in [-0.2, -0.15) is 0 Å². The van der Waals surface area contributed by atoms with Crippen molar-refractivity contribution in [3.8, 4) is 0 Å². The summed E-state index contributed by atoms with van der Waals surface area (Å²) in [5.74, 6) is 0.723. The molecular formula is C16H22ClNO. The van der Waals surface area contributed by atoms with E-state index in [4.69, 9.17) is 16.8 Å². The molecule has 1 N–H and O–H groups in total. The zero-order chi connectivity index (χ0) is 13.8. The van der Waals surface area contributed by atoms with E-state index in [1.807, 2.05) is 0 Å². The van der Waals surface area contributed by atoms with Crippen molar-refractivity contribution in [3.05, 3.63) is 34.3 Å². The fourth-order valence-corrected chi connectivity index (χ4v) is 3.14. The van der Waals surface area contributed by atoms with E-state index in [1.165, 1.54) is 12.0 Å². The first kappa shape index (κ1) is 14.4. The first-order valence-electron chi connectivity index (χ1n) is 7.17. The lowest BCUT2D eigenvalue weighted by atomic mass is 9.81. The molecule has 2 nitrogen and oxygen atoms in total. The number of rotatable bonds is 3. The van der Waals surface area contributed by atoms with Crippen LogP contribution in [-0.2, 0) is 0 Å². The molecular weight excluding hydrogens is 258 g/mol. The predicted octanol–water partition coefficient (Wildman–Crippen LogP) is 5.34. The second kappa shape index (κ2) is 6.42. The highest BCUT2D eigenvalue weighted by Gasteiger charge is 2.24. The third-order valence-electron chi connectivity index (χ3n) is 4.29. The topological polar surface area (TPSA) is 32.6 Å². The molecule has 1 aliphatic carbocycles. The van der Waals surface area contributed by atoms with Crippen molar-refractivity contribution in [1.82, 2.24) is 0 Å². The average Bonchev–Trinajstić information content (AvgIpc) is 2.46. The van der Waals surface area contributed by atoms with Crippen LogP contribution in [0.1, 0.15) is 68.9 Å². The van der Waals surface area contributed by atoms with Crippen LogP contribution in [0.4, 0.5) is 0 Å². The largest absolute Gasteiger partial charge is 0.411 e. The average molecular weight is 280 g/mol. The summed E-state index contributed by atoms with van der Waals surface area (Å²) in [7, 11) is 0. The molecule has 0 amide bonds. The number of halogens is 1. The molecule has 2 unspecified atom stereocenters. The van der Waals surface area contributed by atoms with E-state index < -0.39 is 0 Å². The molecule has 0 radical (unpaired) electrons. The molecule has 19 heavy (non-hydrogen) atoms. The molecule has 1 aromatic rings. The van der Waals surface area contributed by atoms with E-state index in [0.717, 1.165) is 42.0 Å².